The van der Waals surface area contributed by atoms with Crippen molar-refractivity contribution >= 4 is 5.96 Å². The predicted molar refractivity (Wildman–Crippen MR) is 80.8 cm³/mol. The molecule has 4 heteroatoms. The van der Waals surface area contributed by atoms with Crippen LogP contribution in [0.25, 0.3) is 0 Å². The zero-order valence-corrected chi connectivity index (χ0v) is 12.4. The molecular weight excluding hydrogens is 238 g/mol. The number of rotatable bonds is 6. The van der Waals surface area contributed by atoms with Crippen LogP contribution in [-0.4, -0.2) is 37.6 Å². The molecule has 0 amide bonds. The third kappa shape index (κ3) is 4.47. The number of ether oxygens (including phenoxy) is 1. The monoisotopic (exact) mass is 263 g/mol. The van der Waals surface area contributed by atoms with Gasteiger partial charge in [-0.15, -0.1) is 0 Å². The molecule has 19 heavy (non-hydrogen) atoms. The van der Waals surface area contributed by atoms with Gasteiger partial charge >= 0.3 is 0 Å². The van der Waals surface area contributed by atoms with E-state index in [1.807, 2.05) is 11.0 Å². The normalized spacial score (nSPS) is 11.5. The SMILES string of the molecule is CCN(CC)C(N)=NCCc1cc(C)ccc1OC. The Hall–Kier alpha value is -1.71. The van der Waals surface area contributed by atoms with Gasteiger partial charge in [-0.3, -0.25) is 4.99 Å². The second-order valence-electron chi connectivity index (χ2n) is 4.48. The van der Waals surface area contributed by atoms with Crippen LogP contribution >= 0.6 is 0 Å². The minimum absolute atomic E-state index is 0.622. The molecule has 4 nitrogen and oxygen atoms in total. The summed E-state index contributed by atoms with van der Waals surface area (Å²) in [4.78, 5) is 6.48. The Labute approximate surface area is 116 Å². The van der Waals surface area contributed by atoms with Crippen LogP contribution in [0.5, 0.6) is 5.75 Å². The molecule has 1 rings (SSSR count). The van der Waals surface area contributed by atoms with E-state index in [1.54, 1.807) is 7.11 Å². The molecule has 0 bridgehead atoms. The maximum Gasteiger partial charge on any atom is 0.191 e. The number of hydrogen-bond donors (Lipinski definition) is 1. The number of benzene rings is 1. The lowest BCUT2D eigenvalue weighted by Gasteiger charge is -2.19. The fourth-order valence-electron chi connectivity index (χ4n) is 2.04. The Balaban J connectivity index is 2.66. The smallest absolute Gasteiger partial charge is 0.191 e. The van der Waals surface area contributed by atoms with Gasteiger partial charge < -0.3 is 15.4 Å². The first kappa shape index (κ1) is 15.3. The van der Waals surface area contributed by atoms with Gasteiger partial charge in [-0.25, -0.2) is 0 Å². The average molecular weight is 263 g/mol. The molecule has 2 N–H and O–H groups in total. The van der Waals surface area contributed by atoms with Crippen LogP contribution in [0.4, 0.5) is 0 Å². The highest BCUT2D eigenvalue weighted by atomic mass is 16.5. The number of guanidine groups is 1. The van der Waals surface area contributed by atoms with Gasteiger partial charge in [0.2, 0.25) is 0 Å². The fourth-order valence-corrected chi connectivity index (χ4v) is 2.04. The highest BCUT2D eigenvalue weighted by Gasteiger charge is 2.04. The number of methoxy groups -OCH3 is 1. The Morgan fingerprint density at radius 2 is 2.00 bits per heavy atom. The van der Waals surface area contributed by atoms with E-state index >= 15 is 0 Å². The summed E-state index contributed by atoms with van der Waals surface area (Å²) in [6.45, 7) is 8.70. The Morgan fingerprint density at radius 1 is 1.32 bits per heavy atom. The summed E-state index contributed by atoms with van der Waals surface area (Å²) in [6.07, 6.45) is 0.840. The van der Waals surface area contributed by atoms with E-state index in [2.05, 4.69) is 37.9 Å². The molecule has 0 saturated carbocycles. The lowest BCUT2D eigenvalue weighted by molar-refractivity contribution is 0.409. The maximum absolute atomic E-state index is 5.95. The van der Waals surface area contributed by atoms with E-state index in [0.29, 0.717) is 12.5 Å². The van der Waals surface area contributed by atoms with Gasteiger partial charge in [0.25, 0.3) is 0 Å². The molecule has 0 aromatic heterocycles. The third-order valence-electron chi connectivity index (χ3n) is 3.18. The van der Waals surface area contributed by atoms with Crippen molar-refractivity contribution in [2.45, 2.75) is 27.2 Å². The van der Waals surface area contributed by atoms with Crippen molar-refractivity contribution in [2.24, 2.45) is 10.7 Å². The van der Waals surface area contributed by atoms with E-state index in [4.69, 9.17) is 10.5 Å². The van der Waals surface area contributed by atoms with Crippen molar-refractivity contribution in [1.82, 2.24) is 4.90 Å². The molecule has 0 heterocycles. The van der Waals surface area contributed by atoms with E-state index < -0.39 is 0 Å². The number of nitrogens with zero attached hydrogens (tertiary/aromatic N) is 2. The minimum atomic E-state index is 0.622. The zero-order chi connectivity index (χ0) is 14.3. The van der Waals surface area contributed by atoms with Crippen LogP contribution in [0.2, 0.25) is 0 Å². The first-order valence-electron chi connectivity index (χ1n) is 6.80. The number of nitrogens with two attached hydrogens (primary N) is 1. The van der Waals surface area contributed by atoms with E-state index in [0.717, 1.165) is 25.3 Å². The Morgan fingerprint density at radius 3 is 2.58 bits per heavy atom. The largest absolute Gasteiger partial charge is 0.496 e. The van der Waals surface area contributed by atoms with Crippen LogP contribution in [0, 0.1) is 6.92 Å². The maximum atomic E-state index is 5.95. The van der Waals surface area contributed by atoms with Crippen LogP contribution in [0.3, 0.4) is 0 Å². The van der Waals surface area contributed by atoms with Crippen molar-refractivity contribution in [3.63, 3.8) is 0 Å². The third-order valence-corrected chi connectivity index (χ3v) is 3.18. The Bertz CT molecular complexity index is 425. The molecule has 106 valence electrons. The van der Waals surface area contributed by atoms with Gasteiger partial charge in [0.1, 0.15) is 5.75 Å². The first-order chi connectivity index (χ1) is 9.12. The zero-order valence-electron chi connectivity index (χ0n) is 12.4. The molecular formula is C15H25N3O. The predicted octanol–water partition coefficient (Wildman–Crippen LogP) is 2.20. The van der Waals surface area contributed by atoms with Crippen molar-refractivity contribution in [2.75, 3.05) is 26.7 Å². The van der Waals surface area contributed by atoms with E-state index in [1.165, 1.54) is 11.1 Å². The second kappa shape index (κ2) is 7.67. The van der Waals surface area contributed by atoms with Gasteiger partial charge in [-0.05, 0) is 38.8 Å². The van der Waals surface area contributed by atoms with E-state index in [-0.39, 0.29) is 0 Å². The van der Waals surface area contributed by atoms with Crippen molar-refractivity contribution in [1.29, 1.82) is 0 Å². The first-order valence-corrected chi connectivity index (χ1v) is 6.80. The molecule has 0 spiro atoms. The average Bonchev–Trinajstić information content (AvgIpc) is 2.40. The summed E-state index contributed by atoms with van der Waals surface area (Å²) in [6, 6.07) is 6.19. The molecule has 0 atom stereocenters. The molecule has 0 saturated heterocycles. The van der Waals surface area contributed by atoms with Crippen molar-refractivity contribution in [3.05, 3.63) is 29.3 Å². The summed E-state index contributed by atoms with van der Waals surface area (Å²) in [5.74, 6) is 1.54. The molecule has 0 radical (unpaired) electrons. The van der Waals surface area contributed by atoms with Gasteiger partial charge in [-0.2, -0.15) is 0 Å². The highest BCUT2D eigenvalue weighted by Crippen LogP contribution is 2.20. The van der Waals surface area contributed by atoms with Crippen LogP contribution in [0.15, 0.2) is 23.2 Å². The summed E-state index contributed by atoms with van der Waals surface area (Å²) in [7, 11) is 1.70. The molecule has 0 fully saturated rings. The molecule has 1 aromatic rings. The summed E-state index contributed by atoms with van der Waals surface area (Å²) in [5.41, 5.74) is 8.36. The topological polar surface area (TPSA) is 50.8 Å². The number of aliphatic imine (C=N–C) groups is 1. The molecule has 0 aliphatic rings. The Kier molecular flexibility index (Phi) is 6.19. The van der Waals surface area contributed by atoms with Crippen LogP contribution in [0.1, 0.15) is 25.0 Å². The van der Waals surface area contributed by atoms with Gasteiger partial charge in [0.05, 0.1) is 7.11 Å². The fraction of sp³-hybridized carbons (Fsp3) is 0.533. The van der Waals surface area contributed by atoms with Gasteiger partial charge in [-0.1, -0.05) is 17.7 Å². The van der Waals surface area contributed by atoms with Gasteiger partial charge in [0.15, 0.2) is 5.96 Å². The highest BCUT2D eigenvalue weighted by molar-refractivity contribution is 5.78. The number of hydrogen-bond acceptors (Lipinski definition) is 2. The molecule has 1 aromatic carbocycles. The van der Waals surface area contributed by atoms with Crippen LogP contribution < -0.4 is 10.5 Å². The lowest BCUT2D eigenvalue weighted by atomic mass is 10.1. The molecule has 0 aliphatic carbocycles. The van der Waals surface area contributed by atoms with Crippen molar-refractivity contribution in [3.8, 4) is 5.75 Å². The second-order valence-corrected chi connectivity index (χ2v) is 4.48. The molecule has 0 unspecified atom stereocenters. The lowest BCUT2D eigenvalue weighted by Crippen LogP contribution is -2.37. The molecule has 0 aliphatic heterocycles. The van der Waals surface area contributed by atoms with Crippen molar-refractivity contribution < 1.29 is 4.74 Å². The number of aryl methyl sites for hydroxylation is 1. The van der Waals surface area contributed by atoms with Gasteiger partial charge in [0, 0.05) is 19.6 Å². The summed E-state index contributed by atoms with van der Waals surface area (Å²) in [5, 5.41) is 0. The standard InChI is InChI=1S/C15H25N3O/c1-5-18(6-2)15(16)17-10-9-13-11-12(3)7-8-14(13)19-4/h7-8,11H,5-6,9-10H2,1-4H3,(H2,16,17). The van der Waals surface area contributed by atoms with Crippen LogP contribution in [-0.2, 0) is 6.42 Å². The van der Waals surface area contributed by atoms with E-state index in [9.17, 15) is 0 Å². The minimum Gasteiger partial charge on any atom is -0.496 e. The summed E-state index contributed by atoms with van der Waals surface area (Å²) < 4.78 is 5.36. The summed E-state index contributed by atoms with van der Waals surface area (Å²) >= 11 is 0. The quantitative estimate of drug-likeness (QED) is 0.632.